The molecule has 1 aliphatic heterocycles. The van der Waals surface area contributed by atoms with E-state index < -0.39 is 0 Å². The van der Waals surface area contributed by atoms with Gasteiger partial charge in [-0.3, -0.25) is 9.59 Å². The summed E-state index contributed by atoms with van der Waals surface area (Å²) < 4.78 is 5.49. The molecule has 130 valence electrons. The highest BCUT2D eigenvalue weighted by atomic mass is 35.5. The summed E-state index contributed by atoms with van der Waals surface area (Å²) in [5.74, 6) is -0.508. The van der Waals surface area contributed by atoms with Crippen LogP contribution in [0.4, 0.5) is 5.69 Å². The molecule has 1 saturated heterocycles. The molecule has 1 fully saturated rings. The van der Waals surface area contributed by atoms with Gasteiger partial charge in [-0.2, -0.15) is 0 Å². The summed E-state index contributed by atoms with van der Waals surface area (Å²) in [6, 6.07) is 13.6. The van der Waals surface area contributed by atoms with Gasteiger partial charge in [-0.1, -0.05) is 29.8 Å². The molecule has 2 aromatic rings. The van der Waals surface area contributed by atoms with Gasteiger partial charge in [0.15, 0.2) is 0 Å². The van der Waals surface area contributed by atoms with Crippen LogP contribution in [0.15, 0.2) is 48.5 Å². The fourth-order valence-electron chi connectivity index (χ4n) is 2.70. The predicted octanol–water partition coefficient (Wildman–Crippen LogP) is 3.50. The lowest BCUT2D eigenvalue weighted by Crippen LogP contribution is -2.31. The first kappa shape index (κ1) is 17.5. The Kier molecular flexibility index (Phi) is 5.68. The van der Waals surface area contributed by atoms with Gasteiger partial charge in [0, 0.05) is 24.4 Å². The number of nitrogens with one attached hydrogen (secondary N) is 2. The van der Waals surface area contributed by atoms with E-state index in [0.717, 1.165) is 19.4 Å². The Balaban J connectivity index is 1.63. The van der Waals surface area contributed by atoms with Crippen molar-refractivity contribution >= 4 is 29.1 Å². The quantitative estimate of drug-likeness (QED) is 0.859. The number of rotatable bonds is 5. The Morgan fingerprint density at radius 3 is 2.72 bits per heavy atom. The molecule has 1 heterocycles. The summed E-state index contributed by atoms with van der Waals surface area (Å²) in [6.07, 6.45) is 2.09. The van der Waals surface area contributed by atoms with E-state index in [2.05, 4.69) is 10.6 Å². The van der Waals surface area contributed by atoms with E-state index in [9.17, 15) is 9.59 Å². The second-order valence-electron chi connectivity index (χ2n) is 5.86. The molecular weight excluding hydrogens is 340 g/mol. The first-order valence-corrected chi connectivity index (χ1v) is 8.57. The average molecular weight is 359 g/mol. The topological polar surface area (TPSA) is 67.4 Å². The Morgan fingerprint density at radius 1 is 1.12 bits per heavy atom. The second kappa shape index (κ2) is 8.14. The van der Waals surface area contributed by atoms with E-state index in [-0.39, 0.29) is 17.9 Å². The Bertz CT molecular complexity index is 773. The molecule has 2 amide bonds. The monoisotopic (exact) mass is 358 g/mol. The highest BCUT2D eigenvalue weighted by Crippen LogP contribution is 2.18. The van der Waals surface area contributed by atoms with E-state index >= 15 is 0 Å². The molecule has 25 heavy (non-hydrogen) atoms. The van der Waals surface area contributed by atoms with Crippen molar-refractivity contribution < 1.29 is 14.3 Å². The Labute approximate surface area is 151 Å². The lowest BCUT2D eigenvalue weighted by atomic mass is 10.1. The number of hydrogen-bond donors (Lipinski definition) is 2. The van der Waals surface area contributed by atoms with Crippen LogP contribution >= 0.6 is 11.6 Å². The molecule has 0 spiro atoms. The molecule has 0 bridgehead atoms. The number of amides is 2. The first-order chi connectivity index (χ1) is 12.1. The van der Waals surface area contributed by atoms with Gasteiger partial charge in [-0.15, -0.1) is 0 Å². The van der Waals surface area contributed by atoms with Gasteiger partial charge in [-0.05, 0) is 43.2 Å². The molecule has 0 aromatic heterocycles. The van der Waals surface area contributed by atoms with Crippen molar-refractivity contribution in [1.29, 1.82) is 0 Å². The summed E-state index contributed by atoms with van der Waals surface area (Å²) in [7, 11) is 0. The Hall–Kier alpha value is -2.37. The van der Waals surface area contributed by atoms with Crippen molar-refractivity contribution in [1.82, 2.24) is 5.32 Å². The number of carbonyl (C=O) groups is 2. The summed E-state index contributed by atoms with van der Waals surface area (Å²) in [5, 5.41) is 6.01. The van der Waals surface area contributed by atoms with Crippen LogP contribution in [0.5, 0.6) is 0 Å². The van der Waals surface area contributed by atoms with Gasteiger partial charge in [0.25, 0.3) is 11.8 Å². The smallest absolute Gasteiger partial charge is 0.257 e. The van der Waals surface area contributed by atoms with Crippen LogP contribution in [0.25, 0.3) is 0 Å². The van der Waals surface area contributed by atoms with E-state index in [1.807, 2.05) is 0 Å². The number of ether oxygens (including phenoxy) is 1. The normalized spacial score (nSPS) is 16.4. The summed E-state index contributed by atoms with van der Waals surface area (Å²) in [5.41, 5.74) is 1.40. The highest BCUT2D eigenvalue weighted by Gasteiger charge is 2.17. The molecule has 0 aliphatic carbocycles. The fraction of sp³-hybridized carbons (Fsp3) is 0.263. The number of benzene rings is 2. The maximum Gasteiger partial charge on any atom is 0.257 e. The van der Waals surface area contributed by atoms with Gasteiger partial charge in [0.05, 0.1) is 16.7 Å². The minimum absolute atomic E-state index is 0.0899. The minimum Gasteiger partial charge on any atom is -0.376 e. The SMILES string of the molecule is O=C(NC[C@H]1CCCO1)c1cccc(NC(=O)c2ccccc2Cl)c1. The average Bonchev–Trinajstić information content (AvgIpc) is 3.14. The molecule has 0 radical (unpaired) electrons. The highest BCUT2D eigenvalue weighted by molar-refractivity contribution is 6.34. The van der Waals surface area contributed by atoms with Crippen molar-refractivity contribution in [3.05, 3.63) is 64.7 Å². The van der Waals surface area contributed by atoms with Crippen LogP contribution in [0.2, 0.25) is 5.02 Å². The van der Waals surface area contributed by atoms with E-state index in [0.29, 0.717) is 28.4 Å². The van der Waals surface area contributed by atoms with Crippen molar-refractivity contribution in [3.63, 3.8) is 0 Å². The molecule has 3 rings (SSSR count). The molecule has 6 heteroatoms. The minimum atomic E-state index is -0.317. The molecule has 0 unspecified atom stereocenters. The molecule has 2 N–H and O–H groups in total. The number of halogens is 1. The molecule has 0 saturated carbocycles. The van der Waals surface area contributed by atoms with Crippen LogP contribution in [0.1, 0.15) is 33.6 Å². The third kappa shape index (κ3) is 4.59. The summed E-state index contributed by atoms with van der Waals surface area (Å²) in [4.78, 5) is 24.6. The van der Waals surface area contributed by atoms with Crippen molar-refractivity contribution in [2.24, 2.45) is 0 Å². The maximum absolute atomic E-state index is 12.3. The van der Waals surface area contributed by atoms with Crippen LogP contribution in [-0.2, 0) is 4.74 Å². The van der Waals surface area contributed by atoms with Crippen molar-refractivity contribution in [3.8, 4) is 0 Å². The molecule has 5 nitrogen and oxygen atoms in total. The number of carbonyl (C=O) groups excluding carboxylic acids is 2. The van der Waals surface area contributed by atoms with Crippen LogP contribution in [-0.4, -0.2) is 31.1 Å². The molecule has 2 aromatic carbocycles. The fourth-order valence-corrected chi connectivity index (χ4v) is 2.92. The van der Waals surface area contributed by atoms with Crippen molar-refractivity contribution in [2.75, 3.05) is 18.5 Å². The lowest BCUT2D eigenvalue weighted by Gasteiger charge is -2.12. The van der Waals surface area contributed by atoms with Crippen LogP contribution < -0.4 is 10.6 Å². The predicted molar refractivity (Wildman–Crippen MR) is 97.2 cm³/mol. The standard InChI is InChI=1S/C19H19ClN2O3/c20-17-9-2-1-8-16(17)19(24)22-14-6-3-5-13(11-14)18(23)21-12-15-7-4-10-25-15/h1-3,5-6,8-9,11,15H,4,7,10,12H2,(H,21,23)(H,22,24)/t15-/m1/s1. The van der Waals surface area contributed by atoms with Gasteiger partial charge in [0.2, 0.25) is 0 Å². The maximum atomic E-state index is 12.3. The third-order valence-electron chi connectivity index (χ3n) is 4.02. The molecule has 1 atom stereocenters. The van der Waals surface area contributed by atoms with E-state index in [1.165, 1.54) is 0 Å². The van der Waals surface area contributed by atoms with Gasteiger partial charge in [-0.25, -0.2) is 0 Å². The third-order valence-corrected chi connectivity index (χ3v) is 4.34. The number of hydrogen-bond acceptors (Lipinski definition) is 3. The van der Waals surface area contributed by atoms with Gasteiger partial charge >= 0.3 is 0 Å². The lowest BCUT2D eigenvalue weighted by molar-refractivity contribution is 0.0857. The van der Waals surface area contributed by atoms with Crippen molar-refractivity contribution in [2.45, 2.75) is 18.9 Å². The van der Waals surface area contributed by atoms with E-state index in [1.54, 1.807) is 48.5 Å². The molecular formula is C19H19ClN2O3. The largest absolute Gasteiger partial charge is 0.376 e. The first-order valence-electron chi connectivity index (χ1n) is 8.19. The van der Waals surface area contributed by atoms with E-state index in [4.69, 9.17) is 16.3 Å². The Morgan fingerprint density at radius 2 is 1.96 bits per heavy atom. The zero-order chi connectivity index (χ0) is 17.6. The zero-order valence-corrected chi connectivity index (χ0v) is 14.4. The molecule has 1 aliphatic rings. The number of anilines is 1. The van der Waals surface area contributed by atoms with Gasteiger partial charge < -0.3 is 15.4 Å². The van der Waals surface area contributed by atoms with Crippen LogP contribution in [0, 0.1) is 0 Å². The second-order valence-corrected chi connectivity index (χ2v) is 6.27. The summed E-state index contributed by atoms with van der Waals surface area (Å²) >= 11 is 6.03. The summed E-state index contributed by atoms with van der Waals surface area (Å²) in [6.45, 7) is 1.25. The zero-order valence-electron chi connectivity index (χ0n) is 13.6. The van der Waals surface area contributed by atoms with Gasteiger partial charge in [0.1, 0.15) is 0 Å². The van der Waals surface area contributed by atoms with Crippen LogP contribution in [0.3, 0.4) is 0 Å².